The second-order valence-corrected chi connectivity index (χ2v) is 9.00. The number of nitrogens with zero attached hydrogens (tertiary/aromatic N) is 3. The zero-order chi connectivity index (χ0) is 24.7. The van der Waals surface area contributed by atoms with Crippen molar-refractivity contribution < 1.29 is 14.3 Å². The number of benzene rings is 2. The fourth-order valence-corrected chi connectivity index (χ4v) is 5.01. The van der Waals surface area contributed by atoms with Crippen LogP contribution < -0.4 is 15.0 Å². The predicted octanol–water partition coefficient (Wildman–Crippen LogP) is 4.40. The minimum absolute atomic E-state index is 0.0753. The van der Waals surface area contributed by atoms with Crippen LogP contribution in [0.1, 0.15) is 32.8 Å². The van der Waals surface area contributed by atoms with Crippen molar-refractivity contribution in [2.45, 2.75) is 50.6 Å². The first-order chi connectivity index (χ1) is 16.5. The van der Waals surface area contributed by atoms with Crippen LogP contribution in [0.25, 0.3) is 10.9 Å². The maximum atomic E-state index is 13.4. The van der Waals surface area contributed by atoms with E-state index in [1.807, 2.05) is 62.1 Å². The van der Waals surface area contributed by atoms with E-state index in [0.29, 0.717) is 60.0 Å². The molecule has 0 radical (unpaired) electrons. The first-order valence-electron chi connectivity index (χ1n) is 11.6. The first-order valence-corrected chi connectivity index (χ1v) is 12.5. The quantitative estimate of drug-likeness (QED) is 0.297. The van der Waals surface area contributed by atoms with E-state index >= 15 is 0 Å². The molecule has 0 aliphatic rings. The van der Waals surface area contributed by atoms with Gasteiger partial charge in [0.05, 0.1) is 30.4 Å². The van der Waals surface area contributed by atoms with Gasteiger partial charge >= 0.3 is 0 Å². The Morgan fingerprint density at radius 1 is 1.06 bits per heavy atom. The summed E-state index contributed by atoms with van der Waals surface area (Å²) in [6, 6.07) is 13.1. The average molecular weight is 484 g/mol. The maximum absolute atomic E-state index is 13.4. The highest BCUT2D eigenvalue weighted by Gasteiger charge is 2.25. The van der Waals surface area contributed by atoms with Gasteiger partial charge in [-0.05, 0) is 56.5 Å². The molecule has 7 nitrogen and oxygen atoms in total. The molecule has 1 aromatic heterocycles. The zero-order valence-corrected chi connectivity index (χ0v) is 21.4. The predicted molar refractivity (Wildman–Crippen MR) is 137 cm³/mol. The van der Waals surface area contributed by atoms with E-state index in [1.165, 1.54) is 11.8 Å². The van der Waals surface area contributed by atoms with Crippen LogP contribution in [0.2, 0.25) is 0 Å². The molecule has 0 N–H and O–H groups in total. The molecule has 1 atom stereocenters. The number of thioether (sulfide) groups is 1. The number of methoxy groups -OCH3 is 2. The molecule has 0 saturated carbocycles. The number of aryl methyl sites for hydroxylation is 1. The van der Waals surface area contributed by atoms with Crippen molar-refractivity contribution in [1.82, 2.24) is 14.5 Å². The molecular weight excluding hydrogens is 450 g/mol. The summed E-state index contributed by atoms with van der Waals surface area (Å²) in [7, 11) is 3.21. The molecular formula is C26H33N3O4S. The third kappa shape index (κ3) is 5.55. The molecule has 0 fully saturated rings. The molecule has 0 bridgehead atoms. The molecule has 0 aliphatic heterocycles. The maximum Gasteiger partial charge on any atom is 0.262 e. The fraction of sp³-hybridized carbons (Fsp3) is 0.423. The standard InChI is InChI=1S/C26H33N3O4S/c1-6-23(25(31)28(7-2)8-3)34-26-27-20-12-10-9-11-19(20)24(30)29(26)16-15-18-13-14-21(32-4)22(17-18)33-5/h9-14,17,23H,6-8,15-16H2,1-5H3. The zero-order valence-electron chi connectivity index (χ0n) is 20.5. The van der Waals surface area contributed by atoms with Gasteiger partial charge in [-0.15, -0.1) is 0 Å². The Hall–Kier alpha value is -3.00. The van der Waals surface area contributed by atoms with E-state index in [9.17, 15) is 9.59 Å². The van der Waals surface area contributed by atoms with Crippen molar-refractivity contribution in [3.63, 3.8) is 0 Å². The van der Waals surface area contributed by atoms with Gasteiger partial charge in [-0.3, -0.25) is 14.2 Å². The van der Waals surface area contributed by atoms with Crippen molar-refractivity contribution in [2.75, 3.05) is 27.3 Å². The van der Waals surface area contributed by atoms with Crippen LogP contribution in [0.4, 0.5) is 0 Å². The lowest BCUT2D eigenvalue weighted by Crippen LogP contribution is -2.37. The number of carbonyl (C=O) groups is 1. The SMILES string of the molecule is CCC(Sc1nc2ccccc2c(=O)n1CCc1ccc(OC)c(OC)c1)C(=O)N(CC)CC. The Labute approximate surface area is 205 Å². The normalized spacial score (nSPS) is 11.9. The second-order valence-electron chi connectivity index (χ2n) is 7.83. The fourth-order valence-electron chi connectivity index (χ4n) is 3.89. The van der Waals surface area contributed by atoms with E-state index in [1.54, 1.807) is 24.9 Å². The molecule has 8 heteroatoms. The molecule has 1 unspecified atom stereocenters. The number of para-hydroxylation sites is 1. The van der Waals surface area contributed by atoms with Crippen LogP contribution >= 0.6 is 11.8 Å². The van der Waals surface area contributed by atoms with E-state index in [4.69, 9.17) is 14.5 Å². The monoisotopic (exact) mass is 483 g/mol. The molecule has 2 aromatic carbocycles. The highest BCUT2D eigenvalue weighted by atomic mass is 32.2. The van der Waals surface area contributed by atoms with Crippen molar-refractivity contribution in [1.29, 1.82) is 0 Å². The largest absolute Gasteiger partial charge is 0.493 e. The Morgan fingerprint density at radius 3 is 2.41 bits per heavy atom. The lowest BCUT2D eigenvalue weighted by atomic mass is 10.1. The van der Waals surface area contributed by atoms with Crippen LogP contribution in [-0.2, 0) is 17.8 Å². The number of hydrogen-bond acceptors (Lipinski definition) is 6. The number of aromatic nitrogens is 2. The number of rotatable bonds is 11. The van der Waals surface area contributed by atoms with Gasteiger partial charge < -0.3 is 14.4 Å². The van der Waals surface area contributed by atoms with Crippen LogP contribution in [0.3, 0.4) is 0 Å². The number of ether oxygens (including phenoxy) is 2. The Bertz CT molecular complexity index is 1190. The average Bonchev–Trinajstić information content (AvgIpc) is 2.87. The first kappa shape index (κ1) is 25.6. The Balaban J connectivity index is 1.98. The molecule has 1 heterocycles. The highest BCUT2D eigenvalue weighted by Crippen LogP contribution is 2.29. The van der Waals surface area contributed by atoms with Crippen molar-refractivity contribution >= 4 is 28.6 Å². The summed E-state index contributed by atoms with van der Waals surface area (Å²) in [6.45, 7) is 7.70. The van der Waals surface area contributed by atoms with Gasteiger partial charge in [-0.1, -0.05) is 36.9 Å². The molecule has 182 valence electrons. The van der Waals surface area contributed by atoms with Crippen LogP contribution in [0, 0.1) is 0 Å². The number of fused-ring (bicyclic) bond motifs is 1. The molecule has 34 heavy (non-hydrogen) atoms. The summed E-state index contributed by atoms with van der Waals surface area (Å²) >= 11 is 1.38. The lowest BCUT2D eigenvalue weighted by Gasteiger charge is -2.24. The van der Waals surface area contributed by atoms with Gasteiger partial charge in [0.1, 0.15) is 0 Å². The van der Waals surface area contributed by atoms with Crippen molar-refractivity contribution in [2.24, 2.45) is 0 Å². The van der Waals surface area contributed by atoms with E-state index in [0.717, 1.165) is 5.56 Å². The summed E-state index contributed by atoms with van der Waals surface area (Å²) in [5.74, 6) is 1.38. The van der Waals surface area contributed by atoms with Gasteiger partial charge in [0.15, 0.2) is 16.7 Å². The third-order valence-corrected chi connectivity index (χ3v) is 7.21. The van der Waals surface area contributed by atoms with Gasteiger partial charge in [0, 0.05) is 19.6 Å². The minimum Gasteiger partial charge on any atom is -0.493 e. The van der Waals surface area contributed by atoms with Crippen molar-refractivity contribution in [3.8, 4) is 11.5 Å². The van der Waals surface area contributed by atoms with Crippen LogP contribution in [0.5, 0.6) is 11.5 Å². The van der Waals surface area contributed by atoms with Gasteiger partial charge in [-0.2, -0.15) is 0 Å². The summed E-state index contributed by atoms with van der Waals surface area (Å²) in [5.41, 5.74) is 1.56. The molecule has 3 rings (SSSR count). The second kappa shape index (κ2) is 11.9. The molecule has 0 saturated heterocycles. The molecule has 1 amide bonds. The Kier molecular flexibility index (Phi) is 8.98. The minimum atomic E-state index is -0.305. The molecule has 3 aromatic rings. The van der Waals surface area contributed by atoms with Gasteiger partial charge in [0.2, 0.25) is 5.91 Å². The Morgan fingerprint density at radius 2 is 1.76 bits per heavy atom. The third-order valence-electron chi connectivity index (χ3n) is 5.87. The highest BCUT2D eigenvalue weighted by molar-refractivity contribution is 8.00. The summed E-state index contributed by atoms with van der Waals surface area (Å²) in [6.07, 6.45) is 1.26. The topological polar surface area (TPSA) is 73.7 Å². The van der Waals surface area contributed by atoms with Crippen LogP contribution in [0.15, 0.2) is 52.4 Å². The summed E-state index contributed by atoms with van der Waals surface area (Å²) in [5, 5.41) is 0.833. The number of amides is 1. The van der Waals surface area contributed by atoms with Gasteiger partial charge in [-0.25, -0.2) is 4.98 Å². The van der Waals surface area contributed by atoms with E-state index in [2.05, 4.69) is 0 Å². The van der Waals surface area contributed by atoms with Gasteiger partial charge in [0.25, 0.3) is 5.56 Å². The number of hydrogen-bond donors (Lipinski definition) is 0. The molecule has 0 spiro atoms. The summed E-state index contributed by atoms with van der Waals surface area (Å²) in [4.78, 5) is 33.2. The van der Waals surface area contributed by atoms with Crippen molar-refractivity contribution in [3.05, 3.63) is 58.4 Å². The lowest BCUT2D eigenvalue weighted by molar-refractivity contribution is -0.130. The molecule has 0 aliphatic carbocycles. The van der Waals surface area contributed by atoms with E-state index in [-0.39, 0.29) is 16.7 Å². The van der Waals surface area contributed by atoms with E-state index < -0.39 is 0 Å². The summed E-state index contributed by atoms with van der Waals surface area (Å²) < 4.78 is 12.4. The smallest absolute Gasteiger partial charge is 0.262 e. The van der Waals surface area contributed by atoms with Crippen LogP contribution in [-0.4, -0.2) is 52.9 Å². The number of carbonyl (C=O) groups excluding carboxylic acids is 1.